The molecule has 1 amide bonds. The first-order valence-corrected chi connectivity index (χ1v) is 12.2. The number of carbonyl (C=O) groups is 2. The Labute approximate surface area is 215 Å². The fourth-order valence-electron chi connectivity index (χ4n) is 3.35. The molecule has 0 heterocycles. The minimum Gasteiger partial charge on any atom is -0.477 e. The highest BCUT2D eigenvalue weighted by Gasteiger charge is 2.37. The van der Waals surface area contributed by atoms with Gasteiger partial charge in [-0.1, -0.05) is 49.4 Å². The van der Waals surface area contributed by atoms with Gasteiger partial charge < -0.3 is 10.4 Å². The molecule has 6 nitrogen and oxygen atoms in total. The van der Waals surface area contributed by atoms with Gasteiger partial charge in [-0.25, -0.2) is 9.18 Å². The lowest BCUT2D eigenvalue weighted by Crippen LogP contribution is -2.30. The minimum atomic E-state index is -3.78. The van der Waals surface area contributed by atoms with E-state index < -0.39 is 24.2 Å². The van der Waals surface area contributed by atoms with Crippen LogP contribution in [0, 0.1) is 5.92 Å². The van der Waals surface area contributed by atoms with Gasteiger partial charge >= 0.3 is 11.9 Å². The van der Waals surface area contributed by atoms with E-state index in [1.807, 2.05) is 37.3 Å². The maximum atomic E-state index is 13.4. The van der Waals surface area contributed by atoms with Gasteiger partial charge in [0.1, 0.15) is 5.83 Å². The van der Waals surface area contributed by atoms with Crippen molar-refractivity contribution in [2.75, 3.05) is 0 Å². The summed E-state index contributed by atoms with van der Waals surface area (Å²) in [6.07, 6.45) is 11.6. The van der Waals surface area contributed by atoms with Gasteiger partial charge in [-0.15, -0.1) is 0 Å². The number of carboxylic acid groups (broad SMARTS) is 1. The molecule has 1 aromatic carbocycles. The topological polar surface area (TPSA) is 91.1 Å². The molecule has 0 fully saturated rings. The molecule has 37 heavy (non-hydrogen) atoms. The van der Waals surface area contributed by atoms with Gasteiger partial charge in [0.05, 0.1) is 17.3 Å². The summed E-state index contributed by atoms with van der Waals surface area (Å²) >= 11 is 0. The largest absolute Gasteiger partial charge is 0.477 e. The van der Waals surface area contributed by atoms with Crippen LogP contribution in [0.2, 0.25) is 0 Å². The predicted octanol–water partition coefficient (Wildman–Crippen LogP) is 6.33. The van der Waals surface area contributed by atoms with E-state index in [2.05, 4.69) is 15.3 Å². The zero-order chi connectivity index (χ0) is 27.1. The second-order valence-electron chi connectivity index (χ2n) is 8.35. The number of aliphatic imine (C=N–C) groups is 2. The normalized spacial score (nSPS) is 16.9. The maximum Gasteiger partial charge on any atom is 0.374 e. The molecule has 0 bridgehead atoms. The van der Waals surface area contributed by atoms with Gasteiger partial charge in [-0.3, -0.25) is 14.8 Å². The van der Waals surface area contributed by atoms with Crippen LogP contribution in [-0.4, -0.2) is 35.3 Å². The molecule has 0 aromatic heterocycles. The van der Waals surface area contributed by atoms with Crippen LogP contribution in [0.3, 0.4) is 0 Å². The van der Waals surface area contributed by atoms with E-state index in [4.69, 9.17) is 5.11 Å². The lowest BCUT2D eigenvalue weighted by Gasteiger charge is -2.18. The highest BCUT2D eigenvalue weighted by Crippen LogP contribution is 2.26. The fraction of sp³-hybridized carbons (Fsp3) is 0.357. The molecule has 9 heteroatoms. The lowest BCUT2D eigenvalue weighted by molar-refractivity contribution is -0.165. The van der Waals surface area contributed by atoms with E-state index in [9.17, 15) is 22.8 Å². The van der Waals surface area contributed by atoms with E-state index in [0.29, 0.717) is 37.2 Å². The predicted molar refractivity (Wildman–Crippen MR) is 139 cm³/mol. The van der Waals surface area contributed by atoms with Crippen molar-refractivity contribution in [1.29, 1.82) is 0 Å². The lowest BCUT2D eigenvalue weighted by atomic mass is 9.96. The first-order chi connectivity index (χ1) is 17.7. The third-order valence-corrected chi connectivity index (χ3v) is 5.35. The molecule has 2 N–H and O–H groups in total. The van der Waals surface area contributed by atoms with Crippen molar-refractivity contribution < 1.29 is 27.9 Å². The molecule has 198 valence electrons. The maximum absolute atomic E-state index is 13.4. The minimum absolute atomic E-state index is 0.0684. The summed E-state index contributed by atoms with van der Waals surface area (Å²) in [5, 5.41) is 11.4. The monoisotopic (exact) mass is 515 g/mol. The Morgan fingerprint density at radius 2 is 1.89 bits per heavy atom. The van der Waals surface area contributed by atoms with Crippen LogP contribution < -0.4 is 5.32 Å². The van der Waals surface area contributed by atoms with Gasteiger partial charge in [0, 0.05) is 31.8 Å². The van der Waals surface area contributed by atoms with E-state index in [1.165, 1.54) is 18.4 Å². The molecule has 0 saturated carbocycles. The van der Waals surface area contributed by atoms with Gasteiger partial charge in [0.25, 0.3) is 0 Å². The van der Waals surface area contributed by atoms with Gasteiger partial charge in [-0.05, 0) is 49.5 Å². The number of unbranched alkanes of at least 4 members (excludes halogenated alkanes) is 1. The van der Waals surface area contributed by atoms with Crippen molar-refractivity contribution in [2.24, 2.45) is 15.9 Å². The molecule has 0 spiro atoms. The molecule has 1 aliphatic carbocycles. The third-order valence-electron chi connectivity index (χ3n) is 5.35. The third kappa shape index (κ3) is 10.8. The number of rotatable bonds is 14. The number of nitrogens with zero attached hydrogens (tertiary/aromatic N) is 2. The molecule has 0 radical (unpaired) electrons. The van der Waals surface area contributed by atoms with Crippen LogP contribution >= 0.6 is 0 Å². The molecule has 0 aliphatic heterocycles. The Balaban J connectivity index is 2.05. The number of nitrogens with one attached hydrogen (secondary N) is 1. The van der Waals surface area contributed by atoms with Crippen molar-refractivity contribution in [2.45, 2.75) is 57.9 Å². The molecule has 1 unspecified atom stereocenters. The molecule has 1 aromatic rings. The van der Waals surface area contributed by atoms with E-state index in [0.717, 1.165) is 5.56 Å². The Bertz CT molecular complexity index is 1090. The van der Waals surface area contributed by atoms with Crippen molar-refractivity contribution in [3.8, 4) is 0 Å². The number of hydrogen-bond donors (Lipinski definition) is 2. The van der Waals surface area contributed by atoms with Gasteiger partial charge in [0.2, 0.25) is 5.91 Å². The smallest absolute Gasteiger partial charge is 0.374 e. The number of amides is 1. The van der Waals surface area contributed by atoms with Gasteiger partial charge in [-0.2, -0.15) is 8.78 Å². The summed E-state index contributed by atoms with van der Waals surface area (Å²) in [6, 6.07) is 9.48. The summed E-state index contributed by atoms with van der Waals surface area (Å²) in [4.78, 5) is 32.0. The summed E-state index contributed by atoms with van der Waals surface area (Å²) in [5.41, 5.74) is 1.89. The fourth-order valence-corrected chi connectivity index (χ4v) is 3.35. The van der Waals surface area contributed by atoms with Crippen LogP contribution in [0.5, 0.6) is 0 Å². The summed E-state index contributed by atoms with van der Waals surface area (Å²) in [5.74, 6) is -6.93. The average Bonchev–Trinajstić information content (AvgIpc) is 2.88. The number of benzene rings is 1. The van der Waals surface area contributed by atoms with Crippen LogP contribution in [-0.2, 0) is 16.1 Å². The Kier molecular flexibility index (Phi) is 12.3. The summed E-state index contributed by atoms with van der Waals surface area (Å²) < 4.78 is 40.0. The van der Waals surface area contributed by atoms with Crippen LogP contribution in [0.4, 0.5) is 13.2 Å². The van der Waals surface area contributed by atoms with Crippen LogP contribution in [0.25, 0.3) is 0 Å². The quantitative estimate of drug-likeness (QED) is 0.172. The van der Waals surface area contributed by atoms with Crippen LogP contribution in [0.1, 0.15) is 51.0 Å². The van der Waals surface area contributed by atoms with Gasteiger partial charge in [0.15, 0.2) is 0 Å². The summed E-state index contributed by atoms with van der Waals surface area (Å²) in [7, 11) is 0. The highest BCUT2D eigenvalue weighted by molar-refractivity contribution is 5.81. The molecular formula is C28H32F3N3O3. The van der Waals surface area contributed by atoms with E-state index in [-0.39, 0.29) is 24.6 Å². The SMILES string of the molecule is CC/C=C(F)\C=C/CC=NC1=CCC(C(=O)NCc2ccccc2)C=C1N=CCCCC(F)(F)C(=O)O. The number of carbonyl (C=O) groups excluding carboxylic acids is 1. The van der Waals surface area contributed by atoms with Crippen molar-refractivity contribution in [3.05, 3.63) is 83.5 Å². The first-order valence-electron chi connectivity index (χ1n) is 12.2. The van der Waals surface area contributed by atoms with E-state index >= 15 is 0 Å². The number of hydrogen-bond acceptors (Lipinski definition) is 4. The molecular weight excluding hydrogens is 483 g/mol. The number of halogens is 3. The van der Waals surface area contributed by atoms with Crippen LogP contribution in [0.15, 0.2) is 87.9 Å². The molecule has 0 saturated heterocycles. The van der Waals surface area contributed by atoms with Crippen molar-refractivity contribution in [1.82, 2.24) is 5.32 Å². The number of carboxylic acids is 1. The average molecular weight is 516 g/mol. The first kappa shape index (κ1) is 29.5. The zero-order valence-corrected chi connectivity index (χ0v) is 20.7. The number of allylic oxidation sites excluding steroid dienone is 5. The number of alkyl halides is 2. The molecule has 2 rings (SSSR count). The van der Waals surface area contributed by atoms with Crippen molar-refractivity contribution in [3.63, 3.8) is 0 Å². The van der Waals surface area contributed by atoms with E-state index in [1.54, 1.807) is 24.4 Å². The Morgan fingerprint density at radius 3 is 2.59 bits per heavy atom. The Morgan fingerprint density at radius 1 is 1.16 bits per heavy atom. The number of aliphatic carboxylic acids is 1. The standard InChI is InChI=1S/C28H32F3N3O3/c1-2-10-23(29)13-6-8-17-32-24-15-14-22(26(35)34-20-21-11-4-3-5-12-21)19-25(24)33-18-9-7-16-28(30,31)27(36)37/h3-6,10-13,15,17-19,22H,2,7-9,14,16,20H2,1H3,(H,34,35)(H,36,37)/b13-6-,23-10+,32-17?,33-18?. The van der Waals surface area contributed by atoms with Crippen molar-refractivity contribution >= 4 is 24.3 Å². The zero-order valence-electron chi connectivity index (χ0n) is 20.7. The Hall–Kier alpha value is -3.75. The molecule has 1 aliphatic rings. The molecule has 1 atom stereocenters. The summed E-state index contributed by atoms with van der Waals surface area (Å²) in [6.45, 7) is 2.22. The highest BCUT2D eigenvalue weighted by atomic mass is 19.3. The second-order valence-corrected chi connectivity index (χ2v) is 8.35. The second kappa shape index (κ2) is 15.4.